The molecule has 6 heteroatoms. The Balaban J connectivity index is 1.50. The number of aryl methyl sites for hydroxylation is 2. The molecular formula is C21H30N4O2. The van der Waals surface area contributed by atoms with Crippen LogP contribution in [0, 0.1) is 5.92 Å². The third kappa shape index (κ3) is 5.63. The van der Waals surface area contributed by atoms with Crippen molar-refractivity contribution in [3.63, 3.8) is 0 Å². The third-order valence-corrected chi connectivity index (χ3v) is 4.95. The molecule has 146 valence electrons. The van der Waals surface area contributed by atoms with E-state index in [4.69, 9.17) is 0 Å². The molecule has 1 saturated carbocycles. The maximum absolute atomic E-state index is 12.2. The first-order valence-corrected chi connectivity index (χ1v) is 9.97. The zero-order valence-corrected chi connectivity index (χ0v) is 16.3. The summed E-state index contributed by atoms with van der Waals surface area (Å²) in [6, 6.07) is 9.88. The van der Waals surface area contributed by atoms with Gasteiger partial charge in [-0.2, -0.15) is 0 Å². The van der Waals surface area contributed by atoms with Gasteiger partial charge < -0.3 is 15.0 Å². The number of carbonyl (C=O) groups excluding carboxylic acids is 1. The number of carbonyl (C=O) groups is 1. The van der Waals surface area contributed by atoms with Crippen LogP contribution in [0.4, 0.5) is 0 Å². The van der Waals surface area contributed by atoms with Crippen molar-refractivity contribution in [3.8, 4) is 0 Å². The van der Waals surface area contributed by atoms with E-state index in [0.29, 0.717) is 24.8 Å². The van der Waals surface area contributed by atoms with Gasteiger partial charge in [-0.05, 0) is 30.7 Å². The SMILES string of the molecule is CC(C)CCc1nnc(CCC(=O)NC[C@H](O)c2ccccc2)n1C1CC1. The van der Waals surface area contributed by atoms with Crippen molar-refractivity contribution in [1.29, 1.82) is 0 Å². The molecule has 0 saturated heterocycles. The summed E-state index contributed by atoms with van der Waals surface area (Å²) < 4.78 is 2.26. The molecule has 1 heterocycles. The summed E-state index contributed by atoms with van der Waals surface area (Å²) in [7, 11) is 0. The Morgan fingerprint density at radius 3 is 2.48 bits per heavy atom. The fraction of sp³-hybridized carbons (Fsp3) is 0.571. The Bertz CT molecular complexity index is 738. The fourth-order valence-corrected chi connectivity index (χ4v) is 3.19. The summed E-state index contributed by atoms with van der Waals surface area (Å²) in [4.78, 5) is 12.2. The van der Waals surface area contributed by atoms with Gasteiger partial charge in [0.25, 0.3) is 0 Å². The van der Waals surface area contributed by atoms with Crippen molar-refractivity contribution >= 4 is 5.91 Å². The third-order valence-electron chi connectivity index (χ3n) is 4.95. The van der Waals surface area contributed by atoms with E-state index in [2.05, 4.69) is 33.9 Å². The van der Waals surface area contributed by atoms with Crippen LogP contribution in [0.1, 0.15) is 68.9 Å². The van der Waals surface area contributed by atoms with E-state index >= 15 is 0 Å². The van der Waals surface area contributed by atoms with Crippen LogP contribution in [0.25, 0.3) is 0 Å². The molecule has 1 aliphatic rings. The molecule has 2 N–H and O–H groups in total. The number of aromatic nitrogens is 3. The van der Waals surface area contributed by atoms with Crippen LogP contribution in [-0.2, 0) is 17.6 Å². The molecule has 0 bridgehead atoms. The average Bonchev–Trinajstić information content (AvgIpc) is 3.43. The molecule has 27 heavy (non-hydrogen) atoms. The number of nitrogens with zero attached hydrogens (tertiary/aromatic N) is 3. The largest absolute Gasteiger partial charge is 0.387 e. The van der Waals surface area contributed by atoms with Gasteiger partial charge in [-0.1, -0.05) is 44.2 Å². The second-order valence-electron chi connectivity index (χ2n) is 7.80. The lowest BCUT2D eigenvalue weighted by Crippen LogP contribution is -2.28. The van der Waals surface area contributed by atoms with Crippen LogP contribution in [0.5, 0.6) is 0 Å². The number of amides is 1. The molecule has 3 rings (SSSR count). The van der Waals surface area contributed by atoms with Crippen LogP contribution in [-0.4, -0.2) is 32.3 Å². The predicted molar refractivity (Wildman–Crippen MR) is 104 cm³/mol. The summed E-state index contributed by atoms with van der Waals surface area (Å²) in [5.41, 5.74) is 0.807. The predicted octanol–water partition coefficient (Wildman–Crippen LogP) is 2.98. The lowest BCUT2D eigenvalue weighted by Gasteiger charge is -2.13. The number of hydrogen-bond donors (Lipinski definition) is 2. The Kier molecular flexibility index (Phi) is 6.61. The molecule has 6 nitrogen and oxygen atoms in total. The van der Waals surface area contributed by atoms with Crippen molar-refractivity contribution in [3.05, 3.63) is 47.5 Å². The molecule has 1 atom stereocenters. The molecule has 2 aromatic rings. The normalized spacial score (nSPS) is 15.1. The molecule has 1 aromatic carbocycles. The van der Waals surface area contributed by atoms with E-state index in [0.717, 1.165) is 30.1 Å². The van der Waals surface area contributed by atoms with Crippen LogP contribution in [0.2, 0.25) is 0 Å². The zero-order valence-electron chi connectivity index (χ0n) is 16.3. The van der Waals surface area contributed by atoms with Crippen LogP contribution < -0.4 is 5.32 Å². The highest BCUT2D eigenvalue weighted by atomic mass is 16.3. The van der Waals surface area contributed by atoms with Gasteiger partial charge in [-0.25, -0.2) is 0 Å². The highest BCUT2D eigenvalue weighted by Crippen LogP contribution is 2.37. The molecule has 0 radical (unpaired) electrons. The van der Waals surface area contributed by atoms with Crippen LogP contribution >= 0.6 is 0 Å². The molecule has 0 aliphatic heterocycles. The first kappa shape index (κ1) is 19.5. The van der Waals surface area contributed by atoms with Crippen molar-refractivity contribution in [2.24, 2.45) is 5.92 Å². The van der Waals surface area contributed by atoms with Crippen molar-refractivity contribution in [2.45, 2.75) is 64.5 Å². The number of benzene rings is 1. The number of rotatable bonds is 10. The quantitative estimate of drug-likeness (QED) is 0.674. The molecule has 1 aliphatic carbocycles. The summed E-state index contributed by atoms with van der Waals surface area (Å²) in [5, 5.41) is 21.7. The average molecular weight is 370 g/mol. The Hall–Kier alpha value is -2.21. The molecule has 1 fully saturated rings. The minimum Gasteiger partial charge on any atom is -0.387 e. The van der Waals surface area contributed by atoms with Gasteiger partial charge in [-0.3, -0.25) is 4.79 Å². The molecule has 1 amide bonds. The first-order valence-electron chi connectivity index (χ1n) is 9.97. The second-order valence-corrected chi connectivity index (χ2v) is 7.80. The maximum atomic E-state index is 12.2. The van der Waals surface area contributed by atoms with E-state index in [1.54, 1.807) is 0 Å². The maximum Gasteiger partial charge on any atom is 0.220 e. The standard InChI is InChI=1S/C21H30N4O2/c1-15(2)8-11-19-23-24-20(25(19)17-9-10-17)12-13-21(27)22-14-18(26)16-6-4-3-5-7-16/h3-7,15,17-18,26H,8-14H2,1-2H3,(H,22,27)/t18-/m0/s1. The number of aliphatic hydroxyl groups excluding tert-OH is 1. The van der Waals surface area contributed by atoms with E-state index in [1.165, 1.54) is 12.8 Å². The lowest BCUT2D eigenvalue weighted by molar-refractivity contribution is -0.121. The number of aliphatic hydroxyl groups is 1. The zero-order chi connectivity index (χ0) is 19.2. The van der Waals surface area contributed by atoms with E-state index in [9.17, 15) is 9.90 Å². The van der Waals surface area contributed by atoms with Crippen molar-refractivity contribution < 1.29 is 9.90 Å². The molecule has 0 unspecified atom stereocenters. The summed E-state index contributed by atoms with van der Waals surface area (Å²) in [5.74, 6) is 2.54. The van der Waals surface area contributed by atoms with Gasteiger partial charge in [0.05, 0.1) is 6.10 Å². The second kappa shape index (κ2) is 9.13. The minimum atomic E-state index is -0.687. The Morgan fingerprint density at radius 1 is 1.19 bits per heavy atom. The molecule has 1 aromatic heterocycles. The van der Waals surface area contributed by atoms with E-state index in [-0.39, 0.29) is 12.5 Å². The summed E-state index contributed by atoms with van der Waals surface area (Å²) >= 11 is 0. The topological polar surface area (TPSA) is 80.0 Å². The highest BCUT2D eigenvalue weighted by molar-refractivity contribution is 5.76. The van der Waals surface area contributed by atoms with Crippen molar-refractivity contribution in [1.82, 2.24) is 20.1 Å². The highest BCUT2D eigenvalue weighted by Gasteiger charge is 2.29. The van der Waals surface area contributed by atoms with Crippen molar-refractivity contribution in [2.75, 3.05) is 6.54 Å². The van der Waals surface area contributed by atoms with Gasteiger partial charge in [-0.15, -0.1) is 10.2 Å². The van der Waals surface area contributed by atoms with Gasteiger partial charge in [0.15, 0.2) is 0 Å². The Morgan fingerprint density at radius 2 is 1.85 bits per heavy atom. The summed E-state index contributed by atoms with van der Waals surface area (Å²) in [6.07, 6.45) is 4.64. The van der Waals surface area contributed by atoms with Crippen LogP contribution in [0.15, 0.2) is 30.3 Å². The van der Waals surface area contributed by atoms with E-state index < -0.39 is 6.10 Å². The molecule has 0 spiro atoms. The van der Waals surface area contributed by atoms with Gasteiger partial charge in [0, 0.05) is 31.8 Å². The van der Waals surface area contributed by atoms with Gasteiger partial charge >= 0.3 is 0 Å². The molecular weight excluding hydrogens is 340 g/mol. The van der Waals surface area contributed by atoms with Gasteiger partial charge in [0.2, 0.25) is 5.91 Å². The van der Waals surface area contributed by atoms with Crippen LogP contribution in [0.3, 0.4) is 0 Å². The monoisotopic (exact) mass is 370 g/mol. The minimum absolute atomic E-state index is 0.0703. The fourth-order valence-electron chi connectivity index (χ4n) is 3.19. The van der Waals surface area contributed by atoms with Gasteiger partial charge in [0.1, 0.15) is 11.6 Å². The smallest absolute Gasteiger partial charge is 0.220 e. The summed E-state index contributed by atoms with van der Waals surface area (Å²) in [6.45, 7) is 4.65. The van der Waals surface area contributed by atoms with E-state index in [1.807, 2.05) is 30.3 Å². The number of hydrogen-bond acceptors (Lipinski definition) is 4. The number of nitrogens with one attached hydrogen (secondary N) is 1. The Labute approximate surface area is 161 Å². The first-order chi connectivity index (χ1) is 13.0. The lowest BCUT2D eigenvalue weighted by atomic mass is 10.1.